The number of nitrogens with one attached hydrogen (secondary N) is 1. The van der Waals surface area contributed by atoms with E-state index in [1.54, 1.807) is 25.1 Å². The van der Waals surface area contributed by atoms with Crippen LogP contribution in [0.3, 0.4) is 0 Å². The molecule has 2 aromatic carbocycles. The van der Waals surface area contributed by atoms with E-state index < -0.39 is 24.3 Å². The van der Waals surface area contributed by atoms with Crippen molar-refractivity contribution < 1.29 is 28.2 Å². The van der Waals surface area contributed by atoms with Gasteiger partial charge in [0.2, 0.25) is 6.79 Å². The zero-order valence-electron chi connectivity index (χ0n) is 12.8. The van der Waals surface area contributed by atoms with Crippen LogP contribution in [0.2, 0.25) is 0 Å². The van der Waals surface area contributed by atoms with Crippen molar-refractivity contribution in [2.75, 3.05) is 18.7 Å². The van der Waals surface area contributed by atoms with E-state index in [9.17, 15) is 14.0 Å². The first kappa shape index (κ1) is 15.8. The molecule has 0 aromatic heterocycles. The Morgan fingerprint density at radius 2 is 1.96 bits per heavy atom. The Bertz CT molecular complexity index is 806. The number of esters is 1. The number of fused-ring (bicyclic) bond motifs is 1. The Labute approximate surface area is 137 Å². The van der Waals surface area contributed by atoms with Gasteiger partial charge >= 0.3 is 5.97 Å². The van der Waals surface area contributed by atoms with Crippen LogP contribution in [0.4, 0.5) is 10.1 Å². The van der Waals surface area contributed by atoms with Gasteiger partial charge in [-0.25, -0.2) is 9.18 Å². The predicted molar refractivity (Wildman–Crippen MR) is 82.6 cm³/mol. The molecule has 1 N–H and O–H groups in total. The molecule has 0 bridgehead atoms. The van der Waals surface area contributed by atoms with E-state index in [1.165, 1.54) is 18.2 Å². The van der Waals surface area contributed by atoms with Crippen LogP contribution in [0.5, 0.6) is 11.5 Å². The van der Waals surface area contributed by atoms with E-state index >= 15 is 0 Å². The summed E-state index contributed by atoms with van der Waals surface area (Å²) in [5.74, 6) is -0.661. The molecule has 1 aliphatic rings. The molecule has 24 heavy (non-hydrogen) atoms. The van der Waals surface area contributed by atoms with Crippen molar-refractivity contribution in [2.45, 2.75) is 6.92 Å². The minimum absolute atomic E-state index is 0.101. The lowest BCUT2D eigenvalue weighted by Crippen LogP contribution is -2.21. The summed E-state index contributed by atoms with van der Waals surface area (Å²) >= 11 is 0. The molecular weight excluding hydrogens is 317 g/mol. The maximum absolute atomic E-state index is 13.4. The normalized spacial score (nSPS) is 11.9. The Balaban J connectivity index is 1.55. The molecule has 0 saturated heterocycles. The van der Waals surface area contributed by atoms with Gasteiger partial charge in [0.25, 0.3) is 5.91 Å². The molecule has 1 aliphatic heterocycles. The fourth-order valence-corrected chi connectivity index (χ4v) is 2.11. The number of hydrogen-bond donors (Lipinski definition) is 1. The minimum Gasteiger partial charge on any atom is -0.454 e. The minimum atomic E-state index is -0.668. The van der Waals surface area contributed by atoms with Crippen LogP contribution in [-0.2, 0) is 9.53 Å². The first-order valence-corrected chi connectivity index (χ1v) is 7.16. The SMILES string of the molecule is Cc1ccc(NC(=O)COC(=O)c2ccc3c(c2)OCO3)cc1F. The topological polar surface area (TPSA) is 73.9 Å². The smallest absolute Gasteiger partial charge is 0.338 e. The summed E-state index contributed by atoms with van der Waals surface area (Å²) in [7, 11) is 0. The van der Waals surface area contributed by atoms with Crippen molar-refractivity contribution in [1.29, 1.82) is 0 Å². The van der Waals surface area contributed by atoms with Gasteiger partial charge in [-0.3, -0.25) is 4.79 Å². The molecule has 3 rings (SSSR count). The quantitative estimate of drug-likeness (QED) is 0.872. The molecule has 0 spiro atoms. The van der Waals surface area contributed by atoms with Crippen LogP contribution >= 0.6 is 0 Å². The van der Waals surface area contributed by atoms with Gasteiger partial charge in [-0.15, -0.1) is 0 Å². The monoisotopic (exact) mass is 331 g/mol. The predicted octanol–water partition coefficient (Wildman–Crippen LogP) is 2.66. The molecule has 0 atom stereocenters. The summed E-state index contributed by atoms with van der Waals surface area (Å²) in [4.78, 5) is 23.7. The van der Waals surface area contributed by atoms with Crippen LogP contribution in [0.1, 0.15) is 15.9 Å². The third kappa shape index (κ3) is 3.45. The Morgan fingerprint density at radius 1 is 1.17 bits per heavy atom. The molecule has 124 valence electrons. The molecule has 1 amide bonds. The van der Waals surface area contributed by atoms with E-state index in [1.807, 2.05) is 0 Å². The third-order valence-corrected chi connectivity index (χ3v) is 3.40. The first-order valence-electron chi connectivity index (χ1n) is 7.16. The van der Waals surface area contributed by atoms with Gasteiger partial charge in [0.05, 0.1) is 5.56 Å². The summed E-state index contributed by atoms with van der Waals surface area (Å²) in [5, 5.41) is 2.46. The highest BCUT2D eigenvalue weighted by Crippen LogP contribution is 2.32. The summed E-state index contributed by atoms with van der Waals surface area (Å²) in [6.07, 6.45) is 0. The summed E-state index contributed by atoms with van der Waals surface area (Å²) < 4.78 is 28.7. The number of rotatable bonds is 4. The van der Waals surface area contributed by atoms with Crippen LogP contribution in [0.15, 0.2) is 36.4 Å². The second kappa shape index (κ2) is 6.57. The number of carbonyl (C=O) groups is 2. The number of aryl methyl sites for hydroxylation is 1. The molecule has 6 nitrogen and oxygen atoms in total. The van der Waals surface area contributed by atoms with Gasteiger partial charge in [-0.2, -0.15) is 0 Å². The van der Waals surface area contributed by atoms with E-state index in [-0.39, 0.29) is 12.4 Å². The number of amides is 1. The zero-order valence-corrected chi connectivity index (χ0v) is 12.8. The summed E-state index contributed by atoms with van der Waals surface area (Å²) in [6.45, 7) is 1.24. The van der Waals surface area contributed by atoms with Crippen molar-refractivity contribution in [3.63, 3.8) is 0 Å². The van der Waals surface area contributed by atoms with Gasteiger partial charge in [-0.05, 0) is 42.8 Å². The maximum atomic E-state index is 13.4. The molecule has 1 heterocycles. The van der Waals surface area contributed by atoms with E-state index in [0.29, 0.717) is 22.7 Å². The van der Waals surface area contributed by atoms with Crippen molar-refractivity contribution in [2.24, 2.45) is 0 Å². The fourth-order valence-electron chi connectivity index (χ4n) is 2.11. The van der Waals surface area contributed by atoms with Gasteiger partial charge in [0, 0.05) is 5.69 Å². The number of ether oxygens (including phenoxy) is 3. The molecule has 0 aliphatic carbocycles. The Kier molecular flexibility index (Phi) is 4.33. The van der Waals surface area contributed by atoms with Crippen LogP contribution in [-0.4, -0.2) is 25.3 Å². The zero-order chi connectivity index (χ0) is 17.1. The van der Waals surface area contributed by atoms with Crippen molar-refractivity contribution >= 4 is 17.6 Å². The van der Waals surface area contributed by atoms with Crippen LogP contribution < -0.4 is 14.8 Å². The Morgan fingerprint density at radius 3 is 2.75 bits per heavy atom. The van der Waals surface area contributed by atoms with Crippen LogP contribution in [0.25, 0.3) is 0 Å². The van der Waals surface area contributed by atoms with Gasteiger partial charge in [0.1, 0.15) is 5.82 Å². The highest BCUT2D eigenvalue weighted by atomic mass is 19.1. The standard InChI is InChI=1S/C17H14FNO5/c1-10-2-4-12(7-13(10)18)19-16(20)8-22-17(21)11-3-5-14-15(6-11)24-9-23-14/h2-7H,8-9H2,1H3,(H,19,20). The number of anilines is 1. The van der Waals surface area contributed by atoms with Crippen molar-refractivity contribution in [3.05, 3.63) is 53.3 Å². The van der Waals surface area contributed by atoms with E-state index in [2.05, 4.69) is 5.32 Å². The first-order chi connectivity index (χ1) is 11.5. The lowest BCUT2D eigenvalue weighted by Gasteiger charge is -2.08. The highest BCUT2D eigenvalue weighted by Gasteiger charge is 2.17. The number of halogens is 1. The average molecular weight is 331 g/mol. The third-order valence-electron chi connectivity index (χ3n) is 3.40. The van der Waals surface area contributed by atoms with Gasteiger partial charge < -0.3 is 19.5 Å². The largest absolute Gasteiger partial charge is 0.454 e. The van der Waals surface area contributed by atoms with E-state index in [0.717, 1.165) is 0 Å². The molecule has 0 fully saturated rings. The number of hydrogen-bond acceptors (Lipinski definition) is 5. The van der Waals surface area contributed by atoms with Gasteiger partial charge in [-0.1, -0.05) is 6.07 Å². The molecule has 0 unspecified atom stereocenters. The van der Waals surface area contributed by atoms with Crippen molar-refractivity contribution in [3.8, 4) is 11.5 Å². The summed E-state index contributed by atoms with van der Waals surface area (Å²) in [6, 6.07) is 8.90. The maximum Gasteiger partial charge on any atom is 0.338 e. The molecule has 2 aromatic rings. The number of benzene rings is 2. The molecule has 7 heteroatoms. The van der Waals surface area contributed by atoms with E-state index in [4.69, 9.17) is 14.2 Å². The molecular formula is C17H14FNO5. The second-order valence-electron chi connectivity index (χ2n) is 5.16. The lowest BCUT2D eigenvalue weighted by molar-refractivity contribution is -0.119. The lowest BCUT2D eigenvalue weighted by atomic mass is 10.2. The molecule has 0 radical (unpaired) electrons. The Hall–Kier alpha value is -3.09. The highest BCUT2D eigenvalue weighted by molar-refractivity contribution is 5.95. The van der Waals surface area contributed by atoms with Crippen molar-refractivity contribution in [1.82, 2.24) is 0 Å². The second-order valence-corrected chi connectivity index (χ2v) is 5.16. The number of carbonyl (C=O) groups excluding carboxylic acids is 2. The molecule has 0 saturated carbocycles. The van der Waals surface area contributed by atoms with Crippen LogP contribution in [0, 0.1) is 12.7 Å². The fraction of sp³-hybridized carbons (Fsp3) is 0.176. The summed E-state index contributed by atoms with van der Waals surface area (Å²) in [5.41, 5.74) is 1.01. The average Bonchev–Trinajstić information content (AvgIpc) is 3.03. The van der Waals surface area contributed by atoms with Gasteiger partial charge in [0.15, 0.2) is 18.1 Å².